The number of carbonyl (C=O) groups is 1. The third-order valence-electron chi connectivity index (χ3n) is 7.21. The van der Waals surface area contributed by atoms with Crippen LogP contribution in [-0.2, 0) is 17.8 Å². The monoisotopic (exact) mass is 566 g/mol. The molecule has 1 aromatic carbocycles. The molecule has 2 saturated heterocycles. The van der Waals surface area contributed by atoms with Crippen molar-refractivity contribution in [1.29, 1.82) is 5.26 Å². The lowest BCUT2D eigenvalue weighted by Crippen LogP contribution is -2.33. The summed E-state index contributed by atoms with van der Waals surface area (Å²) in [4.78, 5) is 31.2. The quantitative estimate of drug-likeness (QED) is 0.297. The lowest BCUT2D eigenvalue weighted by Gasteiger charge is -2.27. The van der Waals surface area contributed by atoms with Gasteiger partial charge in [0, 0.05) is 31.7 Å². The number of hydrogen-bond donors (Lipinski definition) is 0. The normalized spacial score (nSPS) is 16.3. The number of ether oxygens (including phenoxy) is 2. The Morgan fingerprint density at radius 3 is 2.49 bits per heavy atom. The zero-order chi connectivity index (χ0) is 28.1. The van der Waals surface area contributed by atoms with Crippen LogP contribution < -0.4 is 19.9 Å². The van der Waals surface area contributed by atoms with Gasteiger partial charge in [0.1, 0.15) is 21.8 Å². The summed E-state index contributed by atoms with van der Waals surface area (Å²) in [6.45, 7) is 6.51. The van der Waals surface area contributed by atoms with Gasteiger partial charge in [-0.2, -0.15) is 5.26 Å². The van der Waals surface area contributed by atoms with E-state index in [1.807, 2.05) is 24.3 Å². The van der Waals surface area contributed by atoms with Gasteiger partial charge in [-0.3, -0.25) is 19.1 Å². The maximum atomic E-state index is 13.5. The summed E-state index contributed by atoms with van der Waals surface area (Å²) in [6, 6.07) is 7.82. The minimum absolute atomic E-state index is 0.129. The first-order valence-corrected chi connectivity index (χ1v) is 14.5. The van der Waals surface area contributed by atoms with Crippen LogP contribution in [-0.4, -0.2) is 53.5 Å². The maximum Gasteiger partial charge on any atom is 0.270 e. The average Bonchev–Trinajstić information content (AvgIpc) is 3.56. The second-order valence-electron chi connectivity index (χ2n) is 9.63. The molecule has 2 fully saturated rings. The number of carbonyl (C=O) groups excluding carboxylic acids is 1. The zero-order valence-corrected chi connectivity index (χ0v) is 24.5. The molecule has 2 aliphatic rings. The minimum atomic E-state index is -0.259. The number of pyridine rings is 1. The fraction of sp³-hybridized carbons (Fsp3) is 0.448. The molecule has 39 heavy (non-hydrogen) atoms. The molecule has 8 nitrogen and oxygen atoms in total. The Morgan fingerprint density at radius 1 is 1.13 bits per heavy atom. The highest BCUT2D eigenvalue weighted by molar-refractivity contribution is 8.26. The number of hydrogen-bond acceptors (Lipinski definition) is 8. The van der Waals surface area contributed by atoms with E-state index in [2.05, 4.69) is 17.9 Å². The molecule has 0 spiro atoms. The molecular formula is C29H34N4O4S2. The molecule has 2 aliphatic heterocycles. The van der Waals surface area contributed by atoms with E-state index < -0.39 is 0 Å². The zero-order valence-electron chi connectivity index (χ0n) is 22.9. The Labute approximate surface area is 239 Å². The van der Waals surface area contributed by atoms with Crippen molar-refractivity contribution in [1.82, 2.24) is 9.47 Å². The first kappa shape index (κ1) is 28.7. The van der Waals surface area contributed by atoms with E-state index in [-0.39, 0.29) is 17.0 Å². The lowest BCUT2D eigenvalue weighted by molar-refractivity contribution is -0.122. The molecule has 3 heterocycles. The number of aromatic nitrogens is 1. The first-order chi connectivity index (χ1) is 18.8. The van der Waals surface area contributed by atoms with E-state index in [0.717, 1.165) is 55.7 Å². The molecular weight excluding hydrogens is 532 g/mol. The van der Waals surface area contributed by atoms with Gasteiger partial charge >= 0.3 is 0 Å². The second kappa shape index (κ2) is 12.7. The molecule has 10 heteroatoms. The summed E-state index contributed by atoms with van der Waals surface area (Å²) in [5.41, 5.74) is 2.23. The summed E-state index contributed by atoms with van der Waals surface area (Å²) in [5, 5.41) is 9.86. The standard InChI is InChI=1S/C29H34N4O4S2/c1-5-6-14-32-26(31-12-7-8-13-31)21(19(2)22(18-30)27(32)34)17-25-28(35)33(29(38)39-25)15-11-20-9-10-23(36-3)24(16-20)37-4/h9-10,16-17H,5-8,11-15H2,1-4H3/b25-17+. The predicted octanol–water partition coefficient (Wildman–Crippen LogP) is 4.89. The van der Waals surface area contributed by atoms with Crippen molar-refractivity contribution in [3.8, 4) is 17.6 Å². The van der Waals surface area contributed by atoms with Crippen LogP contribution in [0.25, 0.3) is 6.08 Å². The molecule has 0 atom stereocenters. The van der Waals surface area contributed by atoms with Crippen LogP contribution in [0.3, 0.4) is 0 Å². The smallest absolute Gasteiger partial charge is 0.270 e. The highest BCUT2D eigenvalue weighted by Crippen LogP contribution is 2.37. The van der Waals surface area contributed by atoms with Crippen molar-refractivity contribution in [2.24, 2.45) is 0 Å². The third-order valence-corrected chi connectivity index (χ3v) is 8.59. The number of unbranched alkanes of at least 4 members (excludes halogenated alkanes) is 1. The third kappa shape index (κ3) is 5.85. The van der Waals surface area contributed by atoms with Crippen LogP contribution in [0.4, 0.5) is 5.82 Å². The molecule has 0 saturated carbocycles. The van der Waals surface area contributed by atoms with Crippen molar-refractivity contribution < 1.29 is 14.3 Å². The number of methoxy groups -OCH3 is 2. The highest BCUT2D eigenvalue weighted by Gasteiger charge is 2.33. The molecule has 4 rings (SSSR count). The number of anilines is 1. The van der Waals surface area contributed by atoms with Crippen LogP contribution in [0.2, 0.25) is 0 Å². The minimum Gasteiger partial charge on any atom is -0.493 e. The topological polar surface area (TPSA) is 87.8 Å². The number of rotatable bonds is 10. The van der Waals surface area contributed by atoms with Crippen molar-refractivity contribution in [2.75, 3.05) is 38.8 Å². The van der Waals surface area contributed by atoms with Crippen molar-refractivity contribution in [3.63, 3.8) is 0 Å². The lowest BCUT2D eigenvalue weighted by atomic mass is 10.0. The number of thioether (sulfide) groups is 1. The van der Waals surface area contributed by atoms with Gasteiger partial charge in [-0.25, -0.2) is 0 Å². The Kier molecular flexibility index (Phi) is 9.36. The Bertz CT molecular complexity index is 1400. The van der Waals surface area contributed by atoms with Gasteiger partial charge in [0.05, 0.1) is 19.1 Å². The van der Waals surface area contributed by atoms with Crippen LogP contribution in [0.5, 0.6) is 11.5 Å². The van der Waals surface area contributed by atoms with Crippen molar-refractivity contribution in [2.45, 2.75) is 52.5 Å². The van der Waals surface area contributed by atoms with Crippen LogP contribution in [0, 0.1) is 18.3 Å². The molecule has 0 aliphatic carbocycles. The van der Waals surface area contributed by atoms with Crippen molar-refractivity contribution in [3.05, 3.63) is 55.7 Å². The van der Waals surface area contributed by atoms with Crippen molar-refractivity contribution >= 4 is 46.1 Å². The highest BCUT2D eigenvalue weighted by atomic mass is 32.2. The average molecular weight is 567 g/mol. The number of amides is 1. The molecule has 206 valence electrons. The van der Waals surface area contributed by atoms with E-state index in [9.17, 15) is 14.9 Å². The molecule has 0 unspecified atom stereocenters. The largest absolute Gasteiger partial charge is 0.493 e. The summed E-state index contributed by atoms with van der Waals surface area (Å²) >= 11 is 6.87. The van der Waals surface area contributed by atoms with Crippen LogP contribution in [0.1, 0.15) is 54.9 Å². The summed E-state index contributed by atoms with van der Waals surface area (Å²) < 4.78 is 13.0. The van der Waals surface area contributed by atoms with Gasteiger partial charge in [-0.05, 0) is 61.9 Å². The number of nitriles is 1. The van der Waals surface area contributed by atoms with E-state index >= 15 is 0 Å². The van der Waals surface area contributed by atoms with Gasteiger partial charge in [0.25, 0.3) is 11.5 Å². The molecule has 2 aromatic rings. The van der Waals surface area contributed by atoms with Crippen LogP contribution in [0.15, 0.2) is 27.9 Å². The maximum absolute atomic E-state index is 13.5. The van der Waals surface area contributed by atoms with Gasteiger partial charge < -0.3 is 14.4 Å². The SMILES string of the molecule is CCCCn1c(N2CCCC2)c(/C=C2/SC(=S)N(CCc3ccc(OC)c(OC)c3)C2=O)c(C)c(C#N)c1=O. The number of benzene rings is 1. The fourth-order valence-corrected chi connectivity index (χ4v) is 6.33. The van der Waals surface area contributed by atoms with E-state index in [1.165, 1.54) is 11.8 Å². The molecule has 0 radical (unpaired) electrons. The number of thiocarbonyl (C=S) groups is 1. The Hall–Kier alpha value is -3.29. The van der Waals surface area contributed by atoms with E-state index in [0.29, 0.717) is 45.8 Å². The molecule has 0 N–H and O–H groups in total. The molecule has 1 aromatic heterocycles. The predicted molar refractivity (Wildman–Crippen MR) is 160 cm³/mol. The summed E-state index contributed by atoms with van der Waals surface area (Å²) in [7, 11) is 3.19. The Morgan fingerprint density at radius 2 is 1.85 bits per heavy atom. The number of nitrogens with zero attached hydrogens (tertiary/aromatic N) is 4. The molecule has 1 amide bonds. The Balaban J connectivity index is 1.69. The van der Waals surface area contributed by atoms with Gasteiger partial charge in [-0.1, -0.05) is 43.4 Å². The van der Waals surface area contributed by atoms with E-state index in [1.54, 1.807) is 30.6 Å². The van der Waals surface area contributed by atoms with Gasteiger partial charge in [-0.15, -0.1) is 0 Å². The summed E-state index contributed by atoms with van der Waals surface area (Å²) in [6.07, 6.45) is 6.26. The van der Waals surface area contributed by atoms with Gasteiger partial charge in [0.2, 0.25) is 0 Å². The second-order valence-corrected chi connectivity index (χ2v) is 11.3. The summed E-state index contributed by atoms with van der Waals surface area (Å²) in [5.74, 6) is 1.92. The fourth-order valence-electron chi connectivity index (χ4n) is 5.04. The van der Waals surface area contributed by atoms with Gasteiger partial charge in [0.15, 0.2) is 11.5 Å². The molecule has 0 bridgehead atoms. The first-order valence-electron chi connectivity index (χ1n) is 13.2. The van der Waals surface area contributed by atoms with E-state index in [4.69, 9.17) is 21.7 Å². The van der Waals surface area contributed by atoms with Crippen LogP contribution >= 0.6 is 24.0 Å².